The monoisotopic (exact) mass is 451 g/mol. The highest BCUT2D eigenvalue weighted by Crippen LogP contribution is 2.48. The number of nitrogens with two attached hydrogens (primary N) is 1. The molecule has 5 rings (SSSR count). The zero-order chi connectivity index (χ0) is 22.1. The normalized spacial score (nSPS) is 21.0. The zero-order valence-corrected chi connectivity index (χ0v) is 19.1. The standard InChI is InChI=1S/C26H30ClN3O2/c27-22-5-1-19(2-6-22)24-15-26(17-32-18-26)10-9-21(24)16-29-11-13-30(14-12-29)23-7-3-20(4-8-23)25(28)31/h1-8H,9-18H2,(H2,28,31). The molecule has 0 unspecified atom stereocenters. The molecule has 0 aromatic heterocycles. The minimum absolute atomic E-state index is 0.342. The number of ether oxygens (including phenoxy) is 1. The molecule has 5 nitrogen and oxygen atoms in total. The van der Waals surface area contributed by atoms with E-state index in [0.29, 0.717) is 11.0 Å². The van der Waals surface area contributed by atoms with Gasteiger partial charge in [-0.3, -0.25) is 9.69 Å². The maximum atomic E-state index is 11.3. The molecule has 0 radical (unpaired) electrons. The van der Waals surface area contributed by atoms with Gasteiger partial charge in [0.05, 0.1) is 13.2 Å². The van der Waals surface area contributed by atoms with E-state index in [4.69, 9.17) is 22.1 Å². The van der Waals surface area contributed by atoms with Crippen molar-refractivity contribution in [1.29, 1.82) is 0 Å². The maximum absolute atomic E-state index is 11.3. The van der Waals surface area contributed by atoms with Crippen LogP contribution < -0.4 is 10.6 Å². The van der Waals surface area contributed by atoms with Crippen LogP contribution in [0.2, 0.25) is 5.02 Å². The summed E-state index contributed by atoms with van der Waals surface area (Å²) in [7, 11) is 0. The first-order valence-corrected chi connectivity index (χ1v) is 11.8. The van der Waals surface area contributed by atoms with Crippen LogP contribution in [0.25, 0.3) is 5.57 Å². The zero-order valence-electron chi connectivity index (χ0n) is 18.4. The Morgan fingerprint density at radius 2 is 1.69 bits per heavy atom. The Hall–Kier alpha value is -2.34. The first-order chi connectivity index (χ1) is 15.5. The van der Waals surface area contributed by atoms with Gasteiger partial charge in [-0.2, -0.15) is 0 Å². The summed E-state index contributed by atoms with van der Waals surface area (Å²) >= 11 is 6.15. The van der Waals surface area contributed by atoms with E-state index in [9.17, 15) is 4.79 Å². The summed E-state index contributed by atoms with van der Waals surface area (Å²) in [6, 6.07) is 16.0. The Balaban J connectivity index is 1.27. The molecule has 1 spiro atoms. The fourth-order valence-corrected chi connectivity index (χ4v) is 5.32. The third-order valence-electron chi connectivity index (χ3n) is 7.25. The minimum Gasteiger partial charge on any atom is -0.380 e. The number of carbonyl (C=O) groups is 1. The summed E-state index contributed by atoms with van der Waals surface area (Å²) in [5.74, 6) is -0.381. The molecule has 2 aromatic rings. The average Bonchev–Trinajstić information content (AvgIpc) is 2.79. The van der Waals surface area contributed by atoms with E-state index >= 15 is 0 Å². The molecule has 168 valence electrons. The molecular formula is C26H30ClN3O2. The van der Waals surface area contributed by atoms with Crippen LogP contribution in [0.4, 0.5) is 5.69 Å². The molecule has 2 fully saturated rings. The van der Waals surface area contributed by atoms with E-state index < -0.39 is 0 Å². The maximum Gasteiger partial charge on any atom is 0.248 e. The van der Waals surface area contributed by atoms with Gasteiger partial charge in [-0.1, -0.05) is 29.3 Å². The van der Waals surface area contributed by atoms with Crippen molar-refractivity contribution < 1.29 is 9.53 Å². The fourth-order valence-electron chi connectivity index (χ4n) is 5.19. The van der Waals surface area contributed by atoms with E-state index in [1.54, 1.807) is 5.57 Å². The van der Waals surface area contributed by atoms with Gasteiger partial charge in [0.15, 0.2) is 0 Å². The molecule has 32 heavy (non-hydrogen) atoms. The van der Waals surface area contributed by atoms with Gasteiger partial charge in [0.25, 0.3) is 0 Å². The number of amides is 1. The summed E-state index contributed by atoms with van der Waals surface area (Å²) in [5, 5.41) is 0.786. The number of carbonyl (C=O) groups excluding carboxylic acids is 1. The van der Waals surface area contributed by atoms with Gasteiger partial charge in [-0.05, 0) is 66.8 Å². The predicted molar refractivity (Wildman–Crippen MR) is 129 cm³/mol. The second kappa shape index (κ2) is 8.89. The van der Waals surface area contributed by atoms with Crippen LogP contribution in [0.5, 0.6) is 0 Å². The van der Waals surface area contributed by atoms with Crippen molar-refractivity contribution in [2.24, 2.45) is 11.1 Å². The number of hydrogen-bond acceptors (Lipinski definition) is 4. The number of hydrogen-bond donors (Lipinski definition) is 1. The molecule has 0 bridgehead atoms. The van der Waals surface area contributed by atoms with Crippen molar-refractivity contribution in [3.8, 4) is 0 Å². The van der Waals surface area contributed by atoms with Crippen molar-refractivity contribution in [3.63, 3.8) is 0 Å². The highest BCUT2D eigenvalue weighted by atomic mass is 35.5. The van der Waals surface area contributed by atoms with Gasteiger partial charge in [0, 0.05) is 54.4 Å². The van der Waals surface area contributed by atoms with Crippen LogP contribution in [0.15, 0.2) is 54.1 Å². The smallest absolute Gasteiger partial charge is 0.248 e. The Morgan fingerprint density at radius 1 is 1.00 bits per heavy atom. The molecule has 2 saturated heterocycles. The molecule has 2 aromatic carbocycles. The summed E-state index contributed by atoms with van der Waals surface area (Å²) < 4.78 is 5.59. The SMILES string of the molecule is NC(=O)c1ccc(N2CCN(CC3=C(c4ccc(Cl)cc4)CC4(CC3)COC4)CC2)cc1. The molecular weight excluding hydrogens is 422 g/mol. The molecule has 2 heterocycles. The van der Waals surface area contributed by atoms with Crippen molar-refractivity contribution in [3.05, 3.63) is 70.3 Å². The molecule has 2 N–H and O–H groups in total. The summed E-state index contributed by atoms with van der Waals surface area (Å²) in [6.45, 7) is 6.85. The van der Waals surface area contributed by atoms with Crippen LogP contribution in [0, 0.1) is 5.41 Å². The number of benzene rings is 2. The Morgan fingerprint density at radius 3 is 2.28 bits per heavy atom. The number of piperazine rings is 1. The van der Waals surface area contributed by atoms with Crippen molar-refractivity contribution in [1.82, 2.24) is 4.90 Å². The highest BCUT2D eigenvalue weighted by molar-refractivity contribution is 6.30. The first kappa shape index (κ1) is 21.5. The van der Waals surface area contributed by atoms with E-state index in [-0.39, 0.29) is 5.91 Å². The van der Waals surface area contributed by atoms with Crippen molar-refractivity contribution in [2.75, 3.05) is 50.8 Å². The van der Waals surface area contributed by atoms with Crippen LogP contribution in [0.1, 0.15) is 35.2 Å². The van der Waals surface area contributed by atoms with Crippen LogP contribution in [-0.4, -0.2) is 56.7 Å². The molecule has 2 aliphatic heterocycles. The lowest BCUT2D eigenvalue weighted by Gasteiger charge is -2.46. The van der Waals surface area contributed by atoms with Crippen LogP contribution in [0.3, 0.4) is 0 Å². The number of allylic oxidation sites excluding steroid dienone is 1. The van der Waals surface area contributed by atoms with Gasteiger partial charge in [-0.15, -0.1) is 0 Å². The summed E-state index contributed by atoms with van der Waals surface area (Å²) in [6.07, 6.45) is 3.48. The van der Waals surface area contributed by atoms with Gasteiger partial charge >= 0.3 is 0 Å². The molecule has 0 atom stereocenters. The summed E-state index contributed by atoms with van der Waals surface area (Å²) in [5.41, 5.74) is 11.8. The van der Waals surface area contributed by atoms with Crippen molar-refractivity contribution >= 4 is 28.8 Å². The largest absolute Gasteiger partial charge is 0.380 e. The number of primary amides is 1. The Bertz CT molecular complexity index is 1000. The predicted octanol–water partition coefficient (Wildman–Crippen LogP) is 4.22. The average molecular weight is 452 g/mol. The van der Waals surface area contributed by atoms with Crippen LogP contribution in [-0.2, 0) is 4.74 Å². The van der Waals surface area contributed by atoms with E-state index in [0.717, 1.165) is 69.5 Å². The van der Waals surface area contributed by atoms with Crippen molar-refractivity contribution in [2.45, 2.75) is 19.3 Å². The highest BCUT2D eigenvalue weighted by Gasteiger charge is 2.42. The number of nitrogens with zero attached hydrogens (tertiary/aromatic N) is 2. The molecule has 0 saturated carbocycles. The van der Waals surface area contributed by atoms with E-state index in [1.165, 1.54) is 17.6 Å². The lowest BCUT2D eigenvalue weighted by Crippen LogP contribution is -2.48. The second-order valence-electron chi connectivity index (χ2n) is 9.43. The Labute approximate surface area is 194 Å². The fraction of sp³-hybridized carbons (Fsp3) is 0.423. The number of halogens is 1. The molecule has 6 heteroatoms. The van der Waals surface area contributed by atoms with E-state index in [2.05, 4.69) is 21.9 Å². The number of rotatable bonds is 5. The minimum atomic E-state index is -0.381. The third kappa shape index (κ3) is 4.42. The van der Waals surface area contributed by atoms with Gasteiger partial charge in [0.1, 0.15) is 0 Å². The van der Waals surface area contributed by atoms with Gasteiger partial charge < -0.3 is 15.4 Å². The van der Waals surface area contributed by atoms with Crippen LogP contribution >= 0.6 is 11.6 Å². The van der Waals surface area contributed by atoms with Gasteiger partial charge in [0.2, 0.25) is 5.91 Å². The summed E-state index contributed by atoms with van der Waals surface area (Å²) in [4.78, 5) is 16.3. The third-order valence-corrected chi connectivity index (χ3v) is 7.50. The quantitative estimate of drug-likeness (QED) is 0.739. The molecule has 1 amide bonds. The van der Waals surface area contributed by atoms with Gasteiger partial charge in [-0.25, -0.2) is 0 Å². The second-order valence-corrected chi connectivity index (χ2v) is 9.87. The molecule has 3 aliphatic rings. The first-order valence-electron chi connectivity index (χ1n) is 11.4. The lowest BCUT2D eigenvalue weighted by molar-refractivity contribution is -0.116. The van der Waals surface area contributed by atoms with E-state index in [1.807, 2.05) is 36.4 Å². The topological polar surface area (TPSA) is 58.8 Å². The lowest BCUT2D eigenvalue weighted by atomic mass is 9.69. The molecule has 1 aliphatic carbocycles. The number of anilines is 1. The Kier molecular flexibility index (Phi) is 5.97.